The number of nitrogens with one attached hydrogen (secondary N) is 2. The first-order chi connectivity index (χ1) is 17.9. The van der Waals surface area contributed by atoms with Crippen molar-refractivity contribution in [2.24, 2.45) is 0 Å². The first-order valence-corrected chi connectivity index (χ1v) is 12.6. The molecule has 0 atom stereocenters. The Balaban J connectivity index is 1.40. The second kappa shape index (κ2) is 9.11. The van der Waals surface area contributed by atoms with Crippen LogP contribution < -0.4 is 10.2 Å². The van der Waals surface area contributed by atoms with Crippen molar-refractivity contribution >= 4 is 39.5 Å². The number of fused-ring (bicyclic) bond motifs is 2. The summed E-state index contributed by atoms with van der Waals surface area (Å²) in [5.41, 5.74) is 3.98. The molecule has 6 rings (SSSR count). The van der Waals surface area contributed by atoms with E-state index < -0.39 is 0 Å². The van der Waals surface area contributed by atoms with Crippen molar-refractivity contribution < 1.29 is 4.39 Å². The van der Waals surface area contributed by atoms with Crippen molar-refractivity contribution in [3.63, 3.8) is 0 Å². The largest absolute Gasteiger partial charge is 0.354 e. The minimum Gasteiger partial charge on any atom is -0.354 e. The normalized spacial score (nSPS) is 14.8. The monoisotopic (exact) mass is 499 g/mol. The number of anilines is 3. The predicted molar refractivity (Wildman–Crippen MR) is 145 cm³/mol. The van der Waals surface area contributed by atoms with Crippen LogP contribution in [0.3, 0.4) is 0 Å². The van der Waals surface area contributed by atoms with Gasteiger partial charge in [-0.25, -0.2) is 19.3 Å². The van der Waals surface area contributed by atoms with E-state index in [4.69, 9.17) is 4.98 Å². The van der Waals surface area contributed by atoms with Gasteiger partial charge in [-0.2, -0.15) is 4.98 Å². The molecule has 5 aromatic rings. The number of rotatable bonds is 5. The molecule has 0 aliphatic carbocycles. The van der Waals surface area contributed by atoms with Gasteiger partial charge in [0.05, 0.1) is 11.2 Å². The lowest BCUT2D eigenvalue weighted by Crippen LogP contribution is -2.44. The number of halogens is 1. The summed E-state index contributed by atoms with van der Waals surface area (Å²) in [5.74, 6) is 1.77. The summed E-state index contributed by atoms with van der Waals surface area (Å²) >= 11 is 0. The van der Waals surface area contributed by atoms with Gasteiger partial charge in [0.25, 0.3) is 0 Å². The van der Waals surface area contributed by atoms with Crippen molar-refractivity contribution in [1.82, 2.24) is 34.4 Å². The Hall–Kier alpha value is -4.05. The third-order valence-electron chi connectivity index (χ3n) is 6.96. The fourth-order valence-electron chi connectivity index (χ4n) is 5.11. The number of hydrogen-bond acceptors (Lipinski definition) is 7. The van der Waals surface area contributed by atoms with E-state index >= 15 is 4.39 Å². The molecule has 0 saturated carbocycles. The van der Waals surface area contributed by atoms with Gasteiger partial charge in [0, 0.05) is 67.3 Å². The lowest BCUT2D eigenvalue weighted by Gasteiger charge is -2.33. The van der Waals surface area contributed by atoms with Gasteiger partial charge in [-0.05, 0) is 52.1 Å². The minimum atomic E-state index is -0.363. The molecular weight excluding hydrogens is 469 g/mol. The predicted octanol–water partition coefficient (Wildman–Crippen LogP) is 4.89. The van der Waals surface area contributed by atoms with Crippen molar-refractivity contribution in [2.75, 3.05) is 43.4 Å². The highest BCUT2D eigenvalue weighted by molar-refractivity contribution is 5.94. The Labute approximate surface area is 214 Å². The van der Waals surface area contributed by atoms with Crippen LogP contribution in [-0.4, -0.2) is 67.6 Å². The van der Waals surface area contributed by atoms with Crippen molar-refractivity contribution in [3.8, 4) is 11.3 Å². The van der Waals surface area contributed by atoms with Crippen LogP contribution >= 0.6 is 0 Å². The number of hydrogen-bond donors (Lipinski definition) is 2. The van der Waals surface area contributed by atoms with Gasteiger partial charge < -0.3 is 24.7 Å². The first-order valence-electron chi connectivity index (χ1n) is 12.6. The van der Waals surface area contributed by atoms with Gasteiger partial charge >= 0.3 is 0 Å². The number of piperazine rings is 1. The number of likely N-dealkylation sites (N-methyl/N-ethyl adjacent to an activating group) is 1. The fraction of sp³-hybridized carbons (Fsp3) is 0.333. The molecule has 10 heteroatoms. The van der Waals surface area contributed by atoms with Gasteiger partial charge in [0.15, 0.2) is 5.82 Å². The summed E-state index contributed by atoms with van der Waals surface area (Å²) in [5, 5.41) is 4.16. The van der Waals surface area contributed by atoms with Gasteiger partial charge in [-0.1, -0.05) is 0 Å². The highest BCUT2D eigenvalue weighted by Gasteiger charge is 2.19. The topological polar surface area (TPSA) is 90.8 Å². The molecule has 0 bridgehead atoms. The minimum absolute atomic E-state index is 0.149. The number of imidazole rings is 1. The number of aryl methyl sites for hydroxylation is 1. The van der Waals surface area contributed by atoms with Crippen LogP contribution in [0.15, 0.2) is 42.7 Å². The summed E-state index contributed by atoms with van der Waals surface area (Å²) in [6.07, 6.45) is 3.62. The summed E-state index contributed by atoms with van der Waals surface area (Å²) in [6.45, 7) is 9.92. The third-order valence-corrected chi connectivity index (χ3v) is 6.96. The average Bonchev–Trinajstić information content (AvgIpc) is 3.48. The summed E-state index contributed by atoms with van der Waals surface area (Å²) in [4.78, 5) is 26.3. The molecule has 4 aromatic heterocycles. The fourth-order valence-corrected chi connectivity index (χ4v) is 5.11. The van der Waals surface area contributed by atoms with Gasteiger partial charge in [0.1, 0.15) is 22.8 Å². The highest BCUT2D eigenvalue weighted by Crippen LogP contribution is 2.33. The third kappa shape index (κ3) is 4.27. The first kappa shape index (κ1) is 23.4. The molecule has 0 unspecified atom stereocenters. The van der Waals surface area contributed by atoms with Gasteiger partial charge in [-0.3, -0.25) is 0 Å². The van der Waals surface area contributed by atoms with E-state index in [1.54, 1.807) is 6.20 Å². The Morgan fingerprint density at radius 3 is 2.62 bits per heavy atom. The molecule has 1 aliphatic heterocycles. The standard InChI is InChI=1S/C27H30FN9/c1-16(2)37-17(3)31-25-21(28)13-18(14-22(25)37)24-20-6-8-30-26(20)34-27(33-24)32-19-5-7-29-23(15-19)36-11-9-35(4)10-12-36/h5-8,13-16H,9-12H2,1-4H3,(H2,29,30,32,33,34). The Kier molecular flexibility index (Phi) is 5.75. The number of nitrogens with zero attached hydrogens (tertiary/aromatic N) is 7. The van der Waals surface area contributed by atoms with Gasteiger partial charge in [-0.15, -0.1) is 0 Å². The molecule has 0 radical (unpaired) electrons. The quantitative estimate of drug-likeness (QED) is 0.356. The van der Waals surface area contributed by atoms with Crippen LogP contribution in [0.2, 0.25) is 0 Å². The molecule has 1 aromatic carbocycles. The summed E-state index contributed by atoms with van der Waals surface area (Å²) in [7, 11) is 2.13. The summed E-state index contributed by atoms with van der Waals surface area (Å²) in [6, 6.07) is 9.46. The van der Waals surface area contributed by atoms with Crippen LogP contribution in [0.4, 0.5) is 21.8 Å². The van der Waals surface area contributed by atoms with E-state index in [0.717, 1.165) is 54.4 Å². The van der Waals surface area contributed by atoms with E-state index in [-0.39, 0.29) is 11.9 Å². The number of aromatic amines is 1. The Morgan fingerprint density at radius 2 is 1.84 bits per heavy atom. The van der Waals surface area contributed by atoms with E-state index in [1.807, 2.05) is 42.0 Å². The zero-order chi connectivity index (χ0) is 25.7. The van der Waals surface area contributed by atoms with Crippen LogP contribution in [-0.2, 0) is 0 Å². The number of pyridine rings is 1. The summed E-state index contributed by atoms with van der Waals surface area (Å²) < 4.78 is 17.3. The molecule has 37 heavy (non-hydrogen) atoms. The zero-order valence-electron chi connectivity index (χ0n) is 21.5. The lowest BCUT2D eigenvalue weighted by molar-refractivity contribution is 0.312. The highest BCUT2D eigenvalue weighted by atomic mass is 19.1. The molecule has 2 N–H and O–H groups in total. The SMILES string of the molecule is Cc1nc2c(F)cc(-c3nc(Nc4ccnc(N5CCN(C)CC5)c4)nc4[nH]ccc34)cc2n1C(C)C. The van der Waals surface area contributed by atoms with Crippen LogP contribution in [0.25, 0.3) is 33.3 Å². The maximum atomic E-state index is 15.3. The van der Waals surface area contributed by atoms with Gasteiger partial charge in [0.2, 0.25) is 5.95 Å². The molecule has 1 aliphatic rings. The molecule has 190 valence electrons. The Bertz CT molecular complexity index is 1590. The van der Waals surface area contributed by atoms with Crippen molar-refractivity contribution in [3.05, 3.63) is 54.4 Å². The second-order valence-corrected chi connectivity index (χ2v) is 9.90. The molecule has 9 nitrogen and oxygen atoms in total. The van der Waals surface area contributed by atoms with Crippen molar-refractivity contribution in [2.45, 2.75) is 26.8 Å². The van der Waals surface area contributed by atoms with E-state index in [2.05, 4.69) is 55.9 Å². The van der Waals surface area contributed by atoms with Crippen LogP contribution in [0.5, 0.6) is 0 Å². The maximum Gasteiger partial charge on any atom is 0.229 e. The van der Waals surface area contributed by atoms with Crippen LogP contribution in [0, 0.1) is 12.7 Å². The number of H-pyrrole nitrogens is 1. The smallest absolute Gasteiger partial charge is 0.229 e. The lowest BCUT2D eigenvalue weighted by atomic mass is 10.1. The molecule has 1 fully saturated rings. The van der Waals surface area contributed by atoms with Crippen molar-refractivity contribution in [1.29, 1.82) is 0 Å². The molecule has 5 heterocycles. The van der Waals surface area contributed by atoms with E-state index in [0.29, 0.717) is 28.4 Å². The molecule has 0 spiro atoms. The average molecular weight is 500 g/mol. The molecule has 0 amide bonds. The zero-order valence-corrected chi connectivity index (χ0v) is 21.5. The number of aromatic nitrogens is 6. The molecular formula is C27H30FN9. The molecule has 1 saturated heterocycles. The van der Waals surface area contributed by atoms with Crippen LogP contribution in [0.1, 0.15) is 25.7 Å². The Morgan fingerprint density at radius 1 is 1.03 bits per heavy atom. The maximum absolute atomic E-state index is 15.3. The number of benzene rings is 1. The van der Waals surface area contributed by atoms with E-state index in [1.165, 1.54) is 6.07 Å². The second-order valence-electron chi connectivity index (χ2n) is 9.90. The van der Waals surface area contributed by atoms with E-state index in [9.17, 15) is 0 Å².